The highest BCUT2D eigenvalue weighted by Gasteiger charge is 2.23. The van der Waals surface area contributed by atoms with Crippen molar-refractivity contribution in [3.8, 4) is 0 Å². The van der Waals surface area contributed by atoms with Gasteiger partial charge in [-0.25, -0.2) is 13.1 Å². The number of nitrogens with one attached hydrogen (secondary N) is 1. The van der Waals surface area contributed by atoms with E-state index < -0.39 is 10.0 Å². The number of hydrogen-bond acceptors (Lipinski definition) is 4. The number of likely N-dealkylation sites (tertiary alicyclic amines) is 1. The molecule has 1 saturated heterocycles. The Labute approximate surface area is 149 Å². The van der Waals surface area contributed by atoms with Crippen molar-refractivity contribution in [3.05, 3.63) is 65.7 Å². The van der Waals surface area contributed by atoms with Crippen LogP contribution in [-0.4, -0.2) is 32.4 Å². The fraction of sp³-hybridized carbons (Fsp3) is 0.368. The molecule has 134 valence electrons. The molecule has 1 heterocycles. The molecule has 0 radical (unpaired) electrons. The molecule has 1 fully saturated rings. The Hall–Kier alpha value is -1.89. The second kappa shape index (κ2) is 7.99. The Morgan fingerprint density at radius 2 is 1.68 bits per heavy atom. The summed E-state index contributed by atoms with van der Waals surface area (Å²) >= 11 is 0. The van der Waals surface area contributed by atoms with Gasteiger partial charge in [-0.15, -0.1) is 0 Å². The molecule has 1 aliphatic rings. The normalized spacial score (nSPS) is 16.8. The summed E-state index contributed by atoms with van der Waals surface area (Å²) in [7, 11) is -3.35. The minimum atomic E-state index is -3.35. The van der Waals surface area contributed by atoms with Crippen molar-refractivity contribution < 1.29 is 8.42 Å². The molecule has 6 heteroatoms. The number of benzene rings is 2. The van der Waals surface area contributed by atoms with Gasteiger partial charge in [0.15, 0.2) is 0 Å². The van der Waals surface area contributed by atoms with E-state index in [0.29, 0.717) is 11.3 Å². The molecule has 0 unspecified atom stereocenters. The van der Waals surface area contributed by atoms with Crippen LogP contribution in [0.15, 0.2) is 54.6 Å². The first-order valence-corrected chi connectivity index (χ1v) is 10.3. The van der Waals surface area contributed by atoms with Crippen LogP contribution in [0.4, 0.5) is 5.69 Å². The maximum absolute atomic E-state index is 12.4. The third kappa shape index (κ3) is 5.56. The quantitative estimate of drug-likeness (QED) is 0.777. The molecule has 0 aromatic heterocycles. The lowest BCUT2D eigenvalue weighted by Gasteiger charge is -2.32. The van der Waals surface area contributed by atoms with Crippen LogP contribution >= 0.6 is 0 Å². The molecule has 2 aromatic rings. The monoisotopic (exact) mass is 359 g/mol. The summed E-state index contributed by atoms with van der Waals surface area (Å²) in [6.07, 6.45) is 1.67. The molecule has 5 nitrogen and oxygen atoms in total. The Balaban J connectivity index is 1.49. The summed E-state index contributed by atoms with van der Waals surface area (Å²) in [5.74, 6) is -0.0255. The first-order valence-electron chi connectivity index (χ1n) is 8.61. The molecule has 2 aromatic carbocycles. The number of rotatable bonds is 6. The first-order chi connectivity index (χ1) is 12.0. The predicted octanol–water partition coefficient (Wildman–Crippen LogP) is 2.35. The number of hydrogen-bond donors (Lipinski definition) is 2. The number of nitrogen functional groups attached to an aromatic ring is 1. The molecule has 3 N–H and O–H groups in total. The average molecular weight is 359 g/mol. The van der Waals surface area contributed by atoms with Crippen LogP contribution in [0.1, 0.15) is 24.0 Å². The molecular formula is C19H25N3O2S. The van der Waals surface area contributed by atoms with E-state index in [1.807, 2.05) is 18.2 Å². The summed E-state index contributed by atoms with van der Waals surface area (Å²) in [4.78, 5) is 2.37. The molecular weight excluding hydrogens is 334 g/mol. The van der Waals surface area contributed by atoms with Gasteiger partial charge >= 0.3 is 0 Å². The van der Waals surface area contributed by atoms with E-state index in [-0.39, 0.29) is 11.8 Å². The van der Waals surface area contributed by atoms with E-state index in [1.54, 1.807) is 24.3 Å². The van der Waals surface area contributed by atoms with E-state index in [1.165, 1.54) is 5.56 Å². The molecule has 25 heavy (non-hydrogen) atoms. The zero-order chi connectivity index (χ0) is 17.7. The van der Waals surface area contributed by atoms with Gasteiger partial charge in [0.2, 0.25) is 10.0 Å². The van der Waals surface area contributed by atoms with Crippen LogP contribution in [0.3, 0.4) is 0 Å². The predicted molar refractivity (Wildman–Crippen MR) is 101 cm³/mol. The van der Waals surface area contributed by atoms with Crippen LogP contribution in [0.25, 0.3) is 0 Å². The molecule has 3 rings (SSSR count). The summed E-state index contributed by atoms with van der Waals surface area (Å²) < 4.78 is 27.6. The fourth-order valence-corrected chi connectivity index (χ4v) is 4.69. The van der Waals surface area contributed by atoms with Gasteiger partial charge in [0.1, 0.15) is 0 Å². The summed E-state index contributed by atoms with van der Waals surface area (Å²) in [6, 6.07) is 17.4. The molecule has 0 atom stereocenters. The zero-order valence-electron chi connectivity index (χ0n) is 14.3. The van der Waals surface area contributed by atoms with Gasteiger partial charge in [-0.1, -0.05) is 42.5 Å². The zero-order valence-corrected chi connectivity index (χ0v) is 15.1. The number of nitrogens with zero attached hydrogens (tertiary/aromatic N) is 1. The van der Waals surface area contributed by atoms with E-state index in [2.05, 4.69) is 21.8 Å². The highest BCUT2D eigenvalue weighted by molar-refractivity contribution is 7.88. The number of piperidine rings is 1. The van der Waals surface area contributed by atoms with Crippen LogP contribution < -0.4 is 10.5 Å². The minimum absolute atomic E-state index is 0.0121. The third-order valence-corrected chi connectivity index (χ3v) is 5.90. The van der Waals surface area contributed by atoms with E-state index in [4.69, 9.17) is 5.73 Å². The molecule has 0 aliphatic carbocycles. The Kier molecular flexibility index (Phi) is 5.73. The first kappa shape index (κ1) is 17.9. The maximum atomic E-state index is 12.4. The van der Waals surface area contributed by atoms with Gasteiger partial charge in [-0.2, -0.15) is 0 Å². The lowest BCUT2D eigenvalue weighted by Crippen LogP contribution is -2.44. The second-order valence-electron chi connectivity index (χ2n) is 6.66. The average Bonchev–Trinajstić information content (AvgIpc) is 2.57. The van der Waals surface area contributed by atoms with Crippen LogP contribution in [-0.2, 0) is 22.3 Å². The maximum Gasteiger partial charge on any atom is 0.216 e. The van der Waals surface area contributed by atoms with Crippen LogP contribution in [0.2, 0.25) is 0 Å². The molecule has 0 bridgehead atoms. The van der Waals surface area contributed by atoms with Gasteiger partial charge in [0, 0.05) is 31.4 Å². The topological polar surface area (TPSA) is 75.4 Å². The van der Waals surface area contributed by atoms with Crippen molar-refractivity contribution in [2.45, 2.75) is 31.2 Å². The summed E-state index contributed by atoms with van der Waals surface area (Å²) in [6.45, 7) is 2.73. The van der Waals surface area contributed by atoms with Crippen molar-refractivity contribution in [1.82, 2.24) is 9.62 Å². The van der Waals surface area contributed by atoms with Gasteiger partial charge in [-0.05, 0) is 36.1 Å². The van der Waals surface area contributed by atoms with Crippen molar-refractivity contribution >= 4 is 15.7 Å². The molecule has 1 aliphatic heterocycles. The summed E-state index contributed by atoms with van der Waals surface area (Å²) in [5.41, 5.74) is 8.32. The highest BCUT2D eigenvalue weighted by atomic mass is 32.2. The molecule has 0 saturated carbocycles. The number of anilines is 1. The molecule has 0 amide bonds. The van der Waals surface area contributed by atoms with Gasteiger partial charge in [0.05, 0.1) is 5.75 Å². The highest BCUT2D eigenvalue weighted by Crippen LogP contribution is 2.16. The van der Waals surface area contributed by atoms with E-state index in [0.717, 1.165) is 32.5 Å². The smallest absolute Gasteiger partial charge is 0.216 e. The van der Waals surface area contributed by atoms with Gasteiger partial charge in [0.25, 0.3) is 0 Å². The van der Waals surface area contributed by atoms with Crippen molar-refractivity contribution in [3.63, 3.8) is 0 Å². The van der Waals surface area contributed by atoms with Crippen LogP contribution in [0, 0.1) is 0 Å². The number of sulfonamides is 1. The van der Waals surface area contributed by atoms with E-state index >= 15 is 0 Å². The van der Waals surface area contributed by atoms with Crippen molar-refractivity contribution in [2.24, 2.45) is 0 Å². The van der Waals surface area contributed by atoms with Crippen molar-refractivity contribution in [1.29, 1.82) is 0 Å². The largest absolute Gasteiger partial charge is 0.399 e. The van der Waals surface area contributed by atoms with E-state index in [9.17, 15) is 8.42 Å². The fourth-order valence-electron chi connectivity index (χ4n) is 3.25. The third-order valence-electron chi connectivity index (χ3n) is 4.49. The Morgan fingerprint density at radius 3 is 2.36 bits per heavy atom. The second-order valence-corrected chi connectivity index (χ2v) is 8.41. The minimum Gasteiger partial charge on any atom is -0.399 e. The van der Waals surface area contributed by atoms with Gasteiger partial charge < -0.3 is 5.73 Å². The van der Waals surface area contributed by atoms with Crippen LogP contribution in [0.5, 0.6) is 0 Å². The Bertz CT molecular complexity index is 785. The van der Waals surface area contributed by atoms with Crippen molar-refractivity contribution in [2.75, 3.05) is 18.8 Å². The van der Waals surface area contributed by atoms with Gasteiger partial charge in [-0.3, -0.25) is 4.90 Å². The summed E-state index contributed by atoms with van der Waals surface area (Å²) in [5, 5.41) is 0. The molecule has 0 spiro atoms. The Morgan fingerprint density at radius 1 is 1.00 bits per heavy atom. The SMILES string of the molecule is Nc1cccc(CS(=O)(=O)NC2CCN(Cc3ccccc3)CC2)c1. The number of nitrogens with two attached hydrogens (primary N) is 1. The standard InChI is InChI=1S/C19H25N3O2S/c20-18-8-4-7-17(13-18)15-25(23,24)21-19-9-11-22(12-10-19)14-16-5-2-1-3-6-16/h1-8,13,19,21H,9-12,14-15,20H2. The lowest BCUT2D eigenvalue weighted by atomic mass is 10.1. The lowest BCUT2D eigenvalue weighted by molar-refractivity contribution is 0.200.